The summed E-state index contributed by atoms with van der Waals surface area (Å²) in [7, 11) is 1.55. The zero-order valence-corrected chi connectivity index (χ0v) is 17.1. The summed E-state index contributed by atoms with van der Waals surface area (Å²) in [5.74, 6) is 0.765. The van der Waals surface area contributed by atoms with Gasteiger partial charge in [-0.2, -0.15) is 5.10 Å². The zero-order chi connectivity index (χ0) is 20.6. The summed E-state index contributed by atoms with van der Waals surface area (Å²) in [6.07, 6.45) is 1.52. The number of amides is 1. The highest BCUT2D eigenvalue weighted by molar-refractivity contribution is 6.35. The Labute approximate surface area is 178 Å². The average Bonchev–Trinajstić information content (AvgIpc) is 2.74. The molecule has 148 valence electrons. The topological polar surface area (TPSA) is 59.9 Å². The summed E-state index contributed by atoms with van der Waals surface area (Å²) < 4.78 is 11.2. The van der Waals surface area contributed by atoms with Crippen molar-refractivity contribution in [3.63, 3.8) is 0 Å². The molecule has 0 saturated heterocycles. The molecule has 29 heavy (non-hydrogen) atoms. The fourth-order valence-electron chi connectivity index (χ4n) is 2.53. The van der Waals surface area contributed by atoms with E-state index in [4.69, 9.17) is 32.7 Å². The minimum absolute atomic E-state index is 0.181. The minimum Gasteiger partial charge on any atom is -0.493 e. The Balaban J connectivity index is 1.70. The van der Waals surface area contributed by atoms with Crippen molar-refractivity contribution in [1.29, 1.82) is 0 Å². The lowest BCUT2D eigenvalue weighted by atomic mass is 10.2. The number of ether oxygens (including phenoxy) is 2. The van der Waals surface area contributed by atoms with E-state index in [1.807, 2.05) is 6.07 Å². The Bertz CT molecular complexity index is 1000. The molecule has 3 rings (SSSR count). The highest BCUT2D eigenvalue weighted by Crippen LogP contribution is 2.31. The number of halogens is 2. The van der Waals surface area contributed by atoms with Crippen LogP contribution in [0.3, 0.4) is 0 Å². The first-order valence-electron chi connectivity index (χ1n) is 8.70. The second-order valence-electron chi connectivity index (χ2n) is 5.96. The number of benzene rings is 3. The summed E-state index contributed by atoms with van der Waals surface area (Å²) >= 11 is 12.4. The van der Waals surface area contributed by atoms with Gasteiger partial charge in [-0.3, -0.25) is 4.79 Å². The van der Waals surface area contributed by atoms with Crippen LogP contribution in [0.5, 0.6) is 11.5 Å². The first kappa shape index (κ1) is 20.7. The molecule has 1 N–H and O–H groups in total. The van der Waals surface area contributed by atoms with Gasteiger partial charge in [0.05, 0.1) is 13.3 Å². The molecule has 5 nitrogen and oxygen atoms in total. The SMILES string of the molecule is COc1ccc(/C=N\NC(=O)c2ccccc2)cc1OCc1c(Cl)cccc1Cl. The molecule has 0 saturated carbocycles. The van der Waals surface area contributed by atoms with Gasteiger partial charge >= 0.3 is 0 Å². The zero-order valence-electron chi connectivity index (χ0n) is 15.6. The molecule has 0 atom stereocenters. The standard InChI is InChI=1S/C22H18Cl2N2O3/c1-28-20-11-10-15(13-25-26-22(27)16-6-3-2-4-7-16)12-21(20)29-14-17-18(23)8-5-9-19(17)24/h2-13H,14H2,1H3,(H,26,27)/b25-13-. The molecule has 0 unspecified atom stereocenters. The van der Waals surface area contributed by atoms with E-state index in [1.54, 1.807) is 67.8 Å². The van der Waals surface area contributed by atoms with Crippen molar-refractivity contribution in [2.45, 2.75) is 6.61 Å². The lowest BCUT2D eigenvalue weighted by Gasteiger charge is -2.13. The van der Waals surface area contributed by atoms with E-state index in [0.29, 0.717) is 32.7 Å². The number of methoxy groups -OCH3 is 1. The molecule has 0 spiro atoms. The normalized spacial score (nSPS) is 10.7. The lowest BCUT2D eigenvalue weighted by Crippen LogP contribution is -2.17. The maximum Gasteiger partial charge on any atom is 0.271 e. The van der Waals surface area contributed by atoms with E-state index in [-0.39, 0.29) is 12.5 Å². The molecule has 0 heterocycles. The van der Waals surface area contributed by atoms with Crippen LogP contribution in [0.15, 0.2) is 71.8 Å². The highest BCUT2D eigenvalue weighted by atomic mass is 35.5. The number of hydrogen-bond donors (Lipinski definition) is 1. The fourth-order valence-corrected chi connectivity index (χ4v) is 3.03. The molecular weight excluding hydrogens is 411 g/mol. The molecule has 3 aromatic carbocycles. The highest BCUT2D eigenvalue weighted by Gasteiger charge is 2.10. The van der Waals surface area contributed by atoms with Gasteiger partial charge in [0.25, 0.3) is 5.91 Å². The van der Waals surface area contributed by atoms with E-state index >= 15 is 0 Å². The summed E-state index contributed by atoms with van der Waals surface area (Å²) in [5.41, 5.74) is 4.43. The van der Waals surface area contributed by atoms with E-state index in [1.165, 1.54) is 6.21 Å². The Hall–Kier alpha value is -3.02. The monoisotopic (exact) mass is 428 g/mol. The van der Waals surface area contributed by atoms with Gasteiger partial charge in [-0.25, -0.2) is 5.43 Å². The van der Waals surface area contributed by atoms with Gasteiger partial charge in [0.2, 0.25) is 0 Å². The van der Waals surface area contributed by atoms with Crippen LogP contribution in [0.25, 0.3) is 0 Å². The number of hydrazone groups is 1. The van der Waals surface area contributed by atoms with Crippen molar-refractivity contribution in [1.82, 2.24) is 5.43 Å². The number of nitrogens with zero attached hydrogens (tertiary/aromatic N) is 1. The molecule has 0 aliphatic rings. The maximum absolute atomic E-state index is 12.0. The molecule has 7 heteroatoms. The van der Waals surface area contributed by atoms with Crippen LogP contribution < -0.4 is 14.9 Å². The number of carbonyl (C=O) groups is 1. The maximum atomic E-state index is 12.0. The van der Waals surface area contributed by atoms with Gasteiger partial charge in [0.1, 0.15) is 6.61 Å². The smallest absolute Gasteiger partial charge is 0.271 e. The van der Waals surface area contributed by atoms with E-state index in [9.17, 15) is 4.79 Å². The summed E-state index contributed by atoms with van der Waals surface area (Å²) in [6.45, 7) is 0.181. The predicted molar refractivity (Wildman–Crippen MR) is 115 cm³/mol. The lowest BCUT2D eigenvalue weighted by molar-refractivity contribution is 0.0955. The molecular formula is C22H18Cl2N2O3. The third-order valence-electron chi connectivity index (χ3n) is 4.04. The molecule has 0 aliphatic heterocycles. The molecule has 3 aromatic rings. The summed E-state index contributed by atoms with van der Waals surface area (Å²) in [4.78, 5) is 12.0. The van der Waals surface area contributed by atoms with Gasteiger partial charge < -0.3 is 9.47 Å². The van der Waals surface area contributed by atoms with E-state index in [2.05, 4.69) is 10.5 Å². The van der Waals surface area contributed by atoms with Crippen LogP contribution in [0.2, 0.25) is 10.0 Å². The van der Waals surface area contributed by atoms with Crippen LogP contribution in [-0.4, -0.2) is 19.2 Å². The molecule has 0 aromatic heterocycles. The van der Waals surface area contributed by atoms with Gasteiger partial charge in [-0.1, -0.05) is 47.5 Å². The van der Waals surface area contributed by atoms with E-state index in [0.717, 1.165) is 5.56 Å². The number of nitrogens with one attached hydrogen (secondary N) is 1. The molecule has 0 aliphatic carbocycles. The van der Waals surface area contributed by atoms with Gasteiger partial charge in [0.15, 0.2) is 11.5 Å². The first-order valence-corrected chi connectivity index (χ1v) is 9.46. The van der Waals surface area contributed by atoms with Crippen molar-refractivity contribution in [2.24, 2.45) is 5.10 Å². The largest absolute Gasteiger partial charge is 0.493 e. The average molecular weight is 429 g/mol. The summed E-state index contributed by atoms with van der Waals surface area (Å²) in [5, 5.41) is 5.05. The van der Waals surface area contributed by atoms with Crippen LogP contribution in [-0.2, 0) is 6.61 Å². The number of carbonyl (C=O) groups excluding carboxylic acids is 1. The van der Waals surface area contributed by atoms with Crippen molar-refractivity contribution >= 4 is 35.3 Å². The summed E-state index contributed by atoms with van der Waals surface area (Å²) in [6, 6.07) is 19.4. The third kappa shape index (κ3) is 5.50. The fraction of sp³-hybridized carbons (Fsp3) is 0.0909. The Morgan fingerprint density at radius 1 is 1.00 bits per heavy atom. The second kappa shape index (κ2) is 9.96. The number of rotatable bonds is 7. The molecule has 0 bridgehead atoms. The van der Waals surface area contributed by atoms with Crippen molar-refractivity contribution in [3.05, 3.63) is 93.5 Å². The van der Waals surface area contributed by atoms with Crippen molar-refractivity contribution < 1.29 is 14.3 Å². The molecule has 0 fully saturated rings. The molecule has 0 radical (unpaired) electrons. The Kier molecular flexibility index (Phi) is 7.11. The van der Waals surface area contributed by atoms with E-state index < -0.39 is 0 Å². The number of hydrogen-bond acceptors (Lipinski definition) is 4. The third-order valence-corrected chi connectivity index (χ3v) is 4.75. The predicted octanol–water partition coefficient (Wildman–Crippen LogP) is 5.34. The van der Waals surface area contributed by atoms with Crippen LogP contribution in [0.4, 0.5) is 0 Å². The first-order chi connectivity index (χ1) is 14.1. The van der Waals surface area contributed by atoms with Crippen LogP contribution >= 0.6 is 23.2 Å². The van der Waals surface area contributed by atoms with Crippen LogP contribution in [0.1, 0.15) is 21.5 Å². The Morgan fingerprint density at radius 2 is 1.72 bits per heavy atom. The second-order valence-corrected chi connectivity index (χ2v) is 6.78. The quantitative estimate of drug-likeness (QED) is 0.407. The van der Waals surface area contributed by atoms with Gasteiger partial charge in [-0.05, 0) is 48.0 Å². The van der Waals surface area contributed by atoms with Crippen LogP contribution in [0, 0.1) is 0 Å². The van der Waals surface area contributed by atoms with Gasteiger partial charge in [-0.15, -0.1) is 0 Å². The minimum atomic E-state index is -0.291. The van der Waals surface area contributed by atoms with Crippen molar-refractivity contribution in [3.8, 4) is 11.5 Å². The van der Waals surface area contributed by atoms with Crippen molar-refractivity contribution in [2.75, 3.05) is 7.11 Å². The van der Waals surface area contributed by atoms with Gasteiger partial charge in [0, 0.05) is 21.2 Å². The Morgan fingerprint density at radius 3 is 2.41 bits per heavy atom. The molecule has 1 amide bonds.